The van der Waals surface area contributed by atoms with Gasteiger partial charge in [0.15, 0.2) is 0 Å². The first kappa shape index (κ1) is 11.1. The van der Waals surface area contributed by atoms with Gasteiger partial charge in [-0.3, -0.25) is 0 Å². The molecule has 2 nitrogen and oxygen atoms in total. The molecule has 1 atom stereocenters. The number of halogens is 2. The molecule has 0 N–H and O–H groups in total. The van der Waals surface area contributed by atoms with E-state index < -0.39 is 18.3 Å². The van der Waals surface area contributed by atoms with Crippen LogP contribution in [0.25, 0.3) is 0 Å². The molecule has 0 bridgehead atoms. The van der Waals surface area contributed by atoms with Gasteiger partial charge in [0, 0.05) is 5.57 Å². The van der Waals surface area contributed by atoms with Crippen molar-refractivity contribution in [2.45, 2.75) is 20.3 Å². The Balaban J connectivity index is 3.69. The van der Waals surface area contributed by atoms with Crippen LogP contribution >= 0.6 is 0 Å². The van der Waals surface area contributed by atoms with E-state index in [0.717, 1.165) is 0 Å². The van der Waals surface area contributed by atoms with Crippen LogP contribution in [-0.4, -0.2) is 19.0 Å². The predicted octanol–water partition coefficient (Wildman–Crippen LogP) is 2.01. The van der Waals surface area contributed by atoms with Crippen LogP contribution in [0.15, 0.2) is 12.2 Å². The Hall–Kier alpha value is -0.930. The molecular formula is C8H12F2O2. The SMILES string of the molecule is C=C(C)C(=O)OCC(C)C(F)F. The average molecular weight is 178 g/mol. The highest BCUT2D eigenvalue weighted by Gasteiger charge is 2.16. The van der Waals surface area contributed by atoms with E-state index >= 15 is 0 Å². The van der Waals surface area contributed by atoms with Crippen molar-refractivity contribution in [2.75, 3.05) is 6.61 Å². The lowest BCUT2D eigenvalue weighted by Gasteiger charge is -2.10. The van der Waals surface area contributed by atoms with Crippen LogP contribution in [0.3, 0.4) is 0 Å². The molecule has 0 saturated carbocycles. The van der Waals surface area contributed by atoms with Crippen molar-refractivity contribution in [1.29, 1.82) is 0 Å². The van der Waals surface area contributed by atoms with Crippen LogP contribution in [0.5, 0.6) is 0 Å². The third kappa shape index (κ3) is 4.05. The summed E-state index contributed by atoms with van der Waals surface area (Å²) in [7, 11) is 0. The Kier molecular flexibility index (Phi) is 4.47. The summed E-state index contributed by atoms with van der Waals surface area (Å²) < 4.78 is 28.2. The summed E-state index contributed by atoms with van der Waals surface area (Å²) in [4.78, 5) is 10.7. The summed E-state index contributed by atoms with van der Waals surface area (Å²) in [6, 6.07) is 0. The van der Waals surface area contributed by atoms with Gasteiger partial charge >= 0.3 is 5.97 Å². The molecule has 0 aromatic rings. The first-order valence-electron chi connectivity index (χ1n) is 3.56. The topological polar surface area (TPSA) is 26.3 Å². The van der Waals surface area contributed by atoms with Gasteiger partial charge in [0.2, 0.25) is 6.43 Å². The molecule has 0 amide bonds. The van der Waals surface area contributed by atoms with Gasteiger partial charge in [0.1, 0.15) is 0 Å². The monoisotopic (exact) mass is 178 g/mol. The summed E-state index contributed by atoms with van der Waals surface area (Å²) in [6.45, 7) is 5.84. The van der Waals surface area contributed by atoms with Crippen molar-refractivity contribution in [2.24, 2.45) is 5.92 Å². The molecule has 0 radical (unpaired) electrons. The molecule has 4 heteroatoms. The Labute approximate surface area is 70.2 Å². The molecule has 0 saturated heterocycles. The van der Waals surface area contributed by atoms with Crippen LogP contribution < -0.4 is 0 Å². The van der Waals surface area contributed by atoms with Crippen LogP contribution in [0, 0.1) is 5.92 Å². The first-order valence-corrected chi connectivity index (χ1v) is 3.56. The Morgan fingerprint density at radius 2 is 2.08 bits per heavy atom. The minimum Gasteiger partial charge on any atom is -0.462 e. The zero-order valence-corrected chi connectivity index (χ0v) is 7.14. The maximum atomic E-state index is 11.9. The molecule has 0 rings (SSSR count). The van der Waals surface area contributed by atoms with Gasteiger partial charge in [-0.25, -0.2) is 13.6 Å². The fraction of sp³-hybridized carbons (Fsp3) is 0.625. The first-order chi connectivity index (χ1) is 5.45. The lowest BCUT2D eigenvalue weighted by molar-refractivity contribution is -0.141. The minimum absolute atomic E-state index is 0.219. The van der Waals surface area contributed by atoms with E-state index in [9.17, 15) is 13.6 Å². The summed E-state index contributed by atoms with van der Waals surface area (Å²) in [5.41, 5.74) is 0.219. The smallest absolute Gasteiger partial charge is 0.333 e. The molecule has 0 aliphatic carbocycles. The Morgan fingerprint density at radius 3 is 2.42 bits per heavy atom. The summed E-state index contributed by atoms with van der Waals surface area (Å²) >= 11 is 0. The van der Waals surface area contributed by atoms with Gasteiger partial charge in [-0.15, -0.1) is 0 Å². The predicted molar refractivity (Wildman–Crippen MR) is 40.9 cm³/mol. The second kappa shape index (κ2) is 4.85. The lowest BCUT2D eigenvalue weighted by Crippen LogP contribution is -2.17. The molecule has 1 unspecified atom stereocenters. The Morgan fingerprint density at radius 1 is 1.58 bits per heavy atom. The van der Waals surface area contributed by atoms with Crippen molar-refractivity contribution in [3.05, 3.63) is 12.2 Å². The van der Waals surface area contributed by atoms with Crippen molar-refractivity contribution in [3.8, 4) is 0 Å². The van der Waals surface area contributed by atoms with Gasteiger partial charge in [-0.05, 0) is 6.92 Å². The highest BCUT2D eigenvalue weighted by atomic mass is 19.3. The van der Waals surface area contributed by atoms with E-state index in [1.807, 2.05) is 0 Å². The van der Waals surface area contributed by atoms with Gasteiger partial charge in [0.05, 0.1) is 12.5 Å². The van der Waals surface area contributed by atoms with Crippen molar-refractivity contribution in [1.82, 2.24) is 0 Å². The van der Waals surface area contributed by atoms with E-state index in [2.05, 4.69) is 11.3 Å². The molecule has 0 fully saturated rings. The zero-order chi connectivity index (χ0) is 9.72. The van der Waals surface area contributed by atoms with Crippen LogP contribution in [-0.2, 0) is 9.53 Å². The molecule has 0 aromatic carbocycles. The van der Waals surface area contributed by atoms with Crippen LogP contribution in [0.1, 0.15) is 13.8 Å². The number of ether oxygens (including phenoxy) is 1. The number of carbonyl (C=O) groups is 1. The third-order valence-corrected chi connectivity index (χ3v) is 1.26. The van der Waals surface area contributed by atoms with Crippen molar-refractivity contribution < 1.29 is 18.3 Å². The lowest BCUT2D eigenvalue weighted by atomic mass is 10.2. The van der Waals surface area contributed by atoms with Crippen LogP contribution in [0.4, 0.5) is 8.78 Å². The minimum atomic E-state index is -2.46. The highest BCUT2D eigenvalue weighted by Crippen LogP contribution is 2.09. The van der Waals surface area contributed by atoms with Gasteiger partial charge in [-0.2, -0.15) is 0 Å². The maximum absolute atomic E-state index is 11.9. The molecular weight excluding hydrogens is 166 g/mol. The van der Waals surface area contributed by atoms with Gasteiger partial charge in [-0.1, -0.05) is 13.5 Å². The number of rotatable bonds is 4. The molecule has 0 aliphatic heterocycles. The average Bonchev–Trinajstić information content (AvgIpc) is 1.98. The van der Waals surface area contributed by atoms with Crippen molar-refractivity contribution >= 4 is 5.97 Å². The van der Waals surface area contributed by atoms with E-state index in [-0.39, 0.29) is 12.2 Å². The number of hydrogen-bond acceptors (Lipinski definition) is 2. The maximum Gasteiger partial charge on any atom is 0.333 e. The van der Waals surface area contributed by atoms with Crippen LogP contribution in [0.2, 0.25) is 0 Å². The summed E-state index contributed by atoms with van der Waals surface area (Å²) in [5, 5.41) is 0. The molecule has 0 spiro atoms. The Bertz CT molecular complexity index is 178. The van der Waals surface area contributed by atoms with Crippen molar-refractivity contribution in [3.63, 3.8) is 0 Å². The number of carbonyl (C=O) groups excluding carboxylic acids is 1. The number of alkyl halides is 2. The molecule has 0 aromatic heterocycles. The molecule has 12 heavy (non-hydrogen) atoms. The van der Waals surface area contributed by atoms with E-state index in [1.54, 1.807) is 0 Å². The van der Waals surface area contributed by atoms with Gasteiger partial charge in [0.25, 0.3) is 0 Å². The largest absolute Gasteiger partial charge is 0.462 e. The quantitative estimate of drug-likeness (QED) is 0.486. The standard InChI is InChI=1S/C8H12F2O2/c1-5(2)8(11)12-4-6(3)7(9)10/h6-7H,1,4H2,2-3H3. The van der Waals surface area contributed by atoms with E-state index in [1.165, 1.54) is 13.8 Å². The second-order valence-electron chi connectivity index (χ2n) is 2.69. The van der Waals surface area contributed by atoms with E-state index in [4.69, 9.17) is 0 Å². The van der Waals surface area contributed by atoms with Gasteiger partial charge < -0.3 is 4.74 Å². The zero-order valence-electron chi connectivity index (χ0n) is 7.14. The third-order valence-electron chi connectivity index (χ3n) is 1.26. The fourth-order valence-corrected chi connectivity index (χ4v) is 0.403. The fourth-order valence-electron chi connectivity index (χ4n) is 0.403. The second-order valence-corrected chi connectivity index (χ2v) is 2.69. The molecule has 0 heterocycles. The number of hydrogen-bond donors (Lipinski definition) is 0. The summed E-state index contributed by atoms with van der Waals surface area (Å²) in [6.07, 6.45) is -2.46. The summed E-state index contributed by atoms with van der Waals surface area (Å²) in [5.74, 6) is -1.55. The number of esters is 1. The van der Waals surface area contributed by atoms with E-state index in [0.29, 0.717) is 0 Å². The molecule has 70 valence electrons. The normalized spacial score (nSPS) is 12.8. The highest BCUT2D eigenvalue weighted by molar-refractivity contribution is 5.86. The molecule has 0 aliphatic rings.